The van der Waals surface area contributed by atoms with Crippen LogP contribution in [0.25, 0.3) is 0 Å². The average Bonchev–Trinajstić information content (AvgIpc) is 2.95. The van der Waals surface area contributed by atoms with Crippen molar-refractivity contribution < 1.29 is 0 Å². The van der Waals surface area contributed by atoms with Gasteiger partial charge < -0.3 is 5.32 Å². The number of rotatable bonds is 5. The van der Waals surface area contributed by atoms with Crippen molar-refractivity contribution in [3.05, 3.63) is 17.5 Å². The van der Waals surface area contributed by atoms with Gasteiger partial charge in [0.25, 0.3) is 0 Å². The van der Waals surface area contributed by atoms with Gasteiger partial charge >= 0.3 is 0 Å². The van der Waals surface area contributed by atoms with Crippen LogP contribution < -0.4 is 5.32 Å². The highest BCUT2D eigenvalue weighted by molar-refractivity contribution is 5.10. The van der Waals surface area contributed by atoms with E-state index in [2.05, 4.69) is 30.3 Å². The van der Waals surface area contributed by atoms with Gasteiger partial charge in [-0.1, -0.05) is 19.8 Å². The molecular formula is C14H25N3. The van der Waals surface area contributed by atoms with Gasteiger partial charge in [0, 0.05) is 19.6 Å². The molecule has 1 aliphatic rings. The molecule has 1 aliphatic carbocycles. The maximum absolute atomic E-state index is 4.48. The minimum absolute atomic E-state index is 0.637. The molecule has 0 unspecified atom stereocenters. The first kappa shape index (κ1) is 12.6. The molecule has 0 bridgehead atoms. The number of nitrogens with one attached hydrogen (secondary N) is 1. The molecule has 1 aromatic heterocycles. The molecule has 1 heterocycles. The largest absolute Gasteiger partial charge is 0.308 e. The van der Waals surface area contributed by atoms with Gasteiger partial charge in [-0.15, -0.1) is 0 Å². The molecule has 3 nitrogen and oxygen atoms in total. The van der Waals surface area contributed by atoms with Crippen LogP contribution in [0.1, 0.15) is 50.9 Å². The molecule has 0 spiro atoms. The Kier molecular flexibility index (Phi) is 4.21. The van der Waals surface area contributed by atoms with Crippen molar-refractivity contribution >= 4 is 0 Å². The lowest BCUT2D eigenvalue weighted by Gasteiger charge is -2.20. The van der Waals surface area contributed by atoms with E-state index in [1.165, 1.54) is 37.1 Å². The van der Waals surface area contributed by atoms with Crippen molar-refractivity contribution in [2.24, 2.45) is 13.0 Å². The Bertz CT molecular complexity index is 350. The quantitative estimate of drug-likeness (QED) is 0.850. The molecule has 0 radical (unpaired) electrons. The molecule has 0 saturated heterocycles. The standard InChI is InChI=1S/C14H25N3/c1-4-13-9-14(17(3)16-13)10-15-11(2)12-7-5-6-8-12/h9,11-12,15H,4-8,10H2,1-3H3/t11-/m1/s1. The van der Waals surface area contributed by atoms with Crippen molar-refractivity contribution in [1.82, 2.24) is 15.1 Å². The summed E-state index contributed by atoms with van der Waals surface area (Å²) in [5, 5.41) is 8.14. The average molecular weight is 235 g/mol. The van der Waals surface area contributed by atoms with Gasteiger partial charge in [-0.05, 0) is 38.2 Å². The zero-order valence-electron chi connectivity index (χ0n) is 11.4. The first-order valence-electron chi connectivity index (χ1n) is 6.96. The number of nitrogens with zero attached hydrogens (tertiary/aromatic N) is 2. The summed E-state index contributed by atoms with van der Waals surface area (Å²) in [5.41, 5.74) is 2.49. The SMILES string of the molecule is CCc1cc(CN[C@H](C)C2CCCC2)n(C)n1. The van der Waals surface area contributed by atoms with Crippen LogP contribution in [0.4, 0.5) is 0 Å². The van der Waals surface area contributed by atoms with Crippen molar-refractivity contribution in [3.8, 4) is 0 Å². The third-order valence-corrected chi connectivity index (χ3v) is 4.10. The lowest BCUT2D eigenvalue weighted by Crippen LogP contribution is -2.32. The predicted octanol–water partition coefficient (Wildman–Crippen LogP) is 2.65. The van der Waals surface area contributed by atoms with E-state index in [1.54, 1.807) is 0 Å². The molecule has 17 heavy (non-hydrogen) atoms. The Hall–Kier alpha value is -0.830. The third kappa shape index (κ3) is 3.09. The van der Waals surface area contributed by atoms with E-state index in [4.69, 9.17) is 0 Å². The monoisotopic (exact) mass is 235 g/mol. The highest BCUT2D eigenvalue weighted by atomic mass is 15.3. The summed E-state index contributed by atoms with van der Waals surface area (Å²) in [6.45, 7) is 5.43. The molecule has 0 amide bonds. The fourth-order valence-corrected chi connectivity index (χ4v) is 2.80. The van der Waals surface area contributed by atoms with Gasteiger partial charge in [-0.3, -0.25) is 4.68 Å². The van der Waals surface area contributed by atoms with Crippen LogP contribution in [0.5, 0.6) is 0 Å². The summed E-state index contributed by atoms with van der Waals surface area (Å²) in [5.74, 6) is 0.883. The maximum atomic E-state index is 4.48. The van der Waals surface area contributed by atoms with E-state index < -0.39 is 0 Å². The van der Waals surface area contributed by atoms with Crippen LogP contribution in [-0.2, 0) is 20.0 Å². The molecule has 2 rings (SSSR count). The number of hydrogen-bond acceptors (Lipinski definition) is 2. The summed E-state index contributed by atoms with van der Waals surface area (Å²) < 4.78 is 2.01. The zero-order valence-corrected chi connectivity index (χ0v) is 11.4. The Balaban J connectivity index is 1.85. The van der Waals surface area contributed by atoms with Gasteiger partial charge in [0.15, 0.2) is 0 Å². The smallest absolute Gasteiger partial charge is 0.0625 e. The summed E-state index contributed by atoms with van der Waals surface area (Å²) in [7, 11) is 2.04. The molecule has 1 saturated carbocycles. The van der Waals surface area contributed by atoms with Gasteiger partial charge in [0.1, 0.15) is 0 Å². The first-order chi connectivity index (χ1) is 8.20. The topological polar surface area (TPSA) is 29.9 Å². The van der Waals surface area contributed by atoms with Gasteiger partial charge in [0.05, 0.1) is 11.4 Å². The Morgan fingerprint density at radius 3 is 2.76 bits per heavy atom. The molecule has 96 valence electrons. The Morgan fingerprint density at radius 1 is 1.47 bits per heavy atom. The lowest BCUT2D eigenvalue weighted by molar-refractivity contribution is 0.376. The maximum Gasteiger partial charge on any atom is 0.0625 e. The summed E-state index contributed by atoms with van der Waals surface area (Å²) in [6.07, 6.45) is 6.66. The van der Waals surface area contributed by atoms with E-state index in [-0.39, 0.29) is 0 Å². The van der Waals surface area contributed by atoms with E-state index in [0.29, 0.717) is 6.04 Å². The summed E-state index contributed by atoms with van der Waals surface area (Å²) in [6, 6.07) is 2.85. The van der Waals surface area contributed by atoms with Gasteiger partial charge in [-0.25, -0.2) is 0 Å². The molecular weight excluding hydrogens is 210 g/mol. The molecule has 1 atom stereocenters. The van der Waals surface area contributed by atoms with E-state index in [0.717, 1.165) is 18.9 Å². The van der Waals surface area contributed by atoms with Crippen molar-refractivity contribution in [3.63, 3.8) is 0 Å². The fraction of sp³-hybridized carbons (Fsp3) is 0.786. The first-order valence-corrected chi connectivity index (χ1v) is 6.96. The Morgan fingerprint density at radius 2 is 2.18 bits per heavy atom. The highest BCUT2D eigenvalue weighted by Gasteiger charge is 2.21. The second kappa shape index (κ2) is 5.67. The van der Waals surface area contributed by atoms with Gasteiger partial charge in [-0.2, -0.15) is 5.10 Å². The van der Waals surface area contributed by atoms with Crippen LogP contribution in [0, 0.1) is 5.92 Å². The second-order valence-corrected chi connectivity index (χ2v) is 5.32. The van der Waals surface area contributed by atoms with Crippen molar-refractivity contribution in [2.75, 3.05) is 0 Å². The second-order valence-electron chi connectivity index (χ2n) is 5.32. The van der Waals surface area contributed by atoms with E-state index in [9.17, 15) is 0 Å². The van der Waals surface area contributed by atoms with Gasteiger partial charge in [0.2, 0.25) is 0 Å². The van der Waals surface area contributed by atoms with E-state index in [1.807, 2.05) is 11.7 Å². The normalized spacial score (nSPS) is 18.8. The molecule has 0 aromatic carbocycles. The highest BCUT2D eigenvalue weighted by Crippen LogP contribution is 2.27. The molecule has 0 aliphatic heterocycles. The number of aromatic nitrogens is 2. The molecule has 3 heteroatoms. The van der Waals surface area contributed by atoms with E-state index >= 15 is 0 Å². The molecule has 1 aromatic rings. The summed E-state index contributed by atoms with van der Waals surface area (Å²) in [4.78, 5) is 0. The minimum atomic E-state index is 0.637. The zero-order chi connectivity index (χ0) is 12.3. The van der Waals surface area contributed by atoms with Crippen LogP contribution in [-0.4, -0.2) is 15.8 Å². The summed E-state index contributed by atoms with van der Waals surface area (Å²) >= 11 is 0. The Labute approximate surface area is 105 Å². The fourth-order valence-electron chi connectivity index (χ4n) is 2.80. The number of hydrogen-bond donors (Lipinski definition) is 1. The molecule has 1 N–H and O–H groups in total. The predicted molar refractivity (Wildman–Crippen MR) is 70.8 cm³/mol. The lowest BCUT2D eigenvalue weighted by atomic mass is 10.00. The van der Waals surface area contributed by atoms with Crippen LogP contribution in [0.2, 0.25) is 0 Å². The van der Waals surface area contributed by atoms with Crippen LogP contribution in [0.15, 0.2) is 6.07 Å². The minimum Gasteiger partial charge on any atom is -0.308 e. The van der Waals surface area contributed by atoms with Crippen LogP contribution in [0.3, 0.4) is 0 Å². The van der Waals surface area contributed by atoms with Crippen LogP contribution >= 0.6 is 0 Å². The molecule has 1 fully saturated rings. The number of aryl methyl sites for hydroxylation is 2. The third-order valence-electron chi connectivity index (χ3n) is 4.10. The van der Waals surface area contributed by atoms with Crippen molar-refractivity contribution in [2.45, 2.75) is 58.5 Å². The van der Waals surface area contributed by atoms with Crippen molar-refractivity contribution in [1.29, 1.82) is 0 Å².